The fourth-order valence-electron chi connectivity index (χ4n) is 3.47. The van der Waals surface area contributed by atoms with Crippen molar-refractivity contribution in [2.75, 3.05) is 29.7 Å². The molecule has 3 aromatic rings. The summed E-state index contributed by atoms with van der Waals surface area (Å²) in [6, 6.07) is 15.5. The van der Waals surface area contributed by atoms with E-state index in [0.29, 0.717) is 35.3 Å². The van der Waals surface area contributed by atoms with E-state index in [-0.39, 0.29) is 23.8 Å². The number of unbranched alkanes of at least 4 members (excludes halogenated alkanes) is 1. The van der Waals surface area contributed by atoms with Crippen LogP contribution in [0.25, 0.3) is 0 Å². The summed E-state index contributed by atoms with van der Waals surface area (Å²) in [5.74, 6) is 5.04. The summed E-state index contributed by atoms with van der Waals surface area (Å²) < 4.78 is 19.8. The second-order valence-corrected chi connectivity index (χ2v) is 11.3. The van der Waals surface area contributed by atoms with E-state index in [9.17, 15) is 18.6 Å². The highest BCUT2D eigenvalue weighted by atomic mass is 32.2. The molecule has 0 bridgehead atoms. The zero-order chi connectivity index (χ0) is 29.1. The Morgan fingerprint density at radius 2 is 1.75 bits per heavy atom. The minimum absolute atomic E-state index is 0.127. The van der Waals surface area contributed by atoms with Gasteiger partial charge in [-0.2, -0.15) is 0 Å². The number of esters is 1. The van der Waals surface area contributed by atoms with Crippen molar-refractivity contribution in [2.24, 2.45) is 0 Å². The Bertz CT molecular complexity index is 1600. The standard InChI is InChI=1S/C29H31N5O5S/c1-20-8-6-10-24(16-20)32-29(37)33-25-11-7-9-21(17-25)13-14-22-18-23(19-31-27(22)30)28(36)34-40(3,38)15-5-4-12-26(35)39-2/h6-11,15-19H,4-5,12H2,1-3H3,(H2,30,31)(H2,32,33,37)(H,34,36,38). The smallest absolute Gasteiger partial charge is 0.323 e. The fraction of sp³-hybridized carbons (Fsp3) is 0.207. The molecule has 1 atom stereocenters. The lowest BCUT2D eigenvalue weighted by atomic mass is 10.1. The first-order valence-electron chi connectivity index (χ1n) is 12.3. The molecule has 208 valence electrons. The third kappa shape index (κ3) is 9.49. The Kier molecular flexibility index (Phi) is 10.3. The number of rotatable bonds is 8. The Labute approximate surface area is 233 Å². The number of hydrogen-bond donors (Lipinski definition) is 4. The largest absolute Gasteiger partial charge is 0.469 e. The number of benzene rings is 2. The van der Waals surface area contributed by atoms with E-state index in [4.69, 9.17) is 5.73 Å². The third-order valence-electron chi connectivity index (χ3n) is 5.46. The van der Waals surface area contributed by atoms with Crippen molar-refractivity contribution < 1.29 is 23.3 Å². The van der Waals surface area contributed by atoms with Gasteiger partial charge in [-0.25, -0.2) is 14.0 Å². The van der Waals surface area contributed by atoms with E-state index >= 15 is 0 Å². The maximum atomic E-state index is 12.8. The van der Waals surface area contributed by atoms with Gasteiger partial charge >= 0.3 is 12.0 Å². The van der Waals surface area contributed by atoms with Gasteiger partial charge in [0.05, 0.1) is 18.2 Å². The average molecular weight is 562 g/mol. The average Bonchev–Trinajstić information content (AvgIpc) is 2.90. The van der Waals surface area contributed by atoms with Gasteiger partial charge in [0, 0.05) is 45.5 Å². The summed E-state index contributed by atoms with van der Waals surface area (Å²) in [4.78, 5) is 40.4. The van der Waals surface area contributed by atoms with Crippen LogP contribution in [0.5, 0.6) is 0 Å². The molecule has 0 aliphatic carbocycles. The van der Waals surface area contributed by atoms with Crippen LogP contribution in [-0.2, 0) is 19.2 Å². The van der Waals surface area contributed by atoms with E-state index in [1.807, 2.05) is 25.1 Å². The van der Waals surface area contributed by atoms with Crippen LogP contribution in [0.4, 0.5) is 22.0 Å². The Morgan fingerprint density at radius 1 is 1.05 bits per heavy atom. The number of methoxy groups -OCH3 is 1. The minimum Gasteiger partial charge on any atom is -0.469 e. The first-order valence-corrected chi connectivity index (χ1v) is 14.3. The number of aryl methyl sites for hydroxylation is 1. The highest BCUT2D eigenvalue weighted by Crippen LogP contribution is 2.14. The number of nitrogens with two attached hydrogens (primary N) is 1. The molecule has 1 aromatic heterocycles. The van der Waals surface area contributed by atoms with Crippen LogP contribution in [0.15, 0.2) is 60.8 Å². The van der Waals surface area contributed by atoms with Crippen molar-refractivity contribution >= 4 is 50.2 Å². The van der Waals surface area contributed by atoms with E-state index in [1.54, 1.807) is 30.3 Å². The molecule has 0 saturated carbocycles. The van der Waals surface area contributed by atoms with Gasteiger partial charge in [-0.15, -0.1) is 0 Å². The summed E-state index contributed by atoms with van der Waals surface area (Å²) in [5.41, 5.74) is 9.26. The monoisotopic (exact) mass is 561 g/mol. The molecule has 0 fully saturated rings. The van der Waals surface area contributed by atoms with Crippen LogP contribution >= 0.6 is 0 Å². The lowest BCUT2D eigenvalue weighted by Crippen LogP contribution is -2.31. The van der Waals surface area contributed by atoms with E-state index in [2.05, 4.69) is 36.9 Å². The van der Waals surface area contributed by atoms with Crippen LogP contribution < -0.4 is 21.1 Å². The summed E-state index contributed by atoms with van der Waals surface area (Å²) in [6.45, 7) is 1.94. The van der Waals surface area contributed by atoms with Crippen LogP contribution in [0.1, 0.15) is 46.3 Å². The Balaban J connectivity index is 1.67. The maximum absolute atomic E-state index is 12.8. The van der Waals surface area contributed by atoms with Gasteiger partial charge in [0.2, 0.25) is 0 Å². The molecule has 0 radical (unpaired) electrons. The van der Waals surface area contributed by atoms with Gasteiger partial charge < -0.3 is 21.1 Å². The zero-order valence-electron chi connectivity index (χ0n) is 22.4. The molecule has 10 nitrogen and oxygen atoms in total. The molecular formula is C29H31N5O5S. The zero-order valence-corrected chi connectivity index (χ0v) is 23.3. The molecule has 2 aromatic carbocycles. The SMILES string of the molecule is COC(=O)CCCC=S(C)(=O)NC(=O)c1cnc(N)c(C#Cc2cccc(NC(=O)Nc3cccc(C)c3)c2)c1. The van der Waals surface area contributed by atoms with Crippen LogP contribution in [-0.4, -0.2) is 45.8 Å². The van der Waals surface area contributed by atoms with Crippen molar-refractivity contribution in [3.63, 3.8) is 0 Å². The number of nitrogens with zero attached hydrogens (tertiary/aromatic N) is 1. The number of nitrogen functional groups attached to an aromatic ring is 1. The number of aromatic nitrogens is 1. The molecule has 1 heterocycles. The van der Waals surface area contributed by atoms with Gasteiger partial charge in [-0.05, 0) is 67.1 Å². The van der Waals surface area contributed by atoms with Crippen LogP contribution in [0.2, 0.25) is 0 Å². The summed E-state index contributed by atoms with van der Waals surface area (Å²) in [7, 11) is -1.51. The predicted octanol–water partition coefficient (Wildman–Crippen LogP) is 3.72. The van der Waals surface area contributed by atoms with Gasteiger partial charge in [-0.1, -0.05) is 30.0 Å². The van der Waals surface area contributed by atoms with E-state index in [1.165, 1.54) is 31.0 Å². The topological polar surface area (TPSA) is 153 Å². The fourth-order valence-corrected chi connectivity index (χ4v) is 4.66. The number of anilines is 3. The second-order valence-electron chi connectivity index (χ2n) is 8.91. The maximum Gasteiger partial charge on any atom is 0.323 e. The van der Waals surface area contributed by atoms with Crippen molar-refractivity contribution in [1.82, 2.24) is 9.71 Å². The van der Waals surface area contributed by atoms with Gasteiger partial charge in [0.15, 0.2) is 0 Å². The highest BCUT2D eigenvalue weighted by molar-refractivity contribution is 7.99. The molecule has 40 heavy (non-hydrogen) atoms. The number of hydrogen-bond acceptors (Lipinski definition) is 7. The van der Waals surface area contributed by atoms with Gasteiger partial charge in [0.1, 0.15) is 5.82 Å². The number of carbonyl (C=O) groups is 3. The lowest BCUT2D eigenvalue weighted by Gasteiger charge is -2.09. The molecule has 0 saturated heterocycles. The molecule has 0 aliphatic heterocycles. The normalized spacial score (nSPS) is 11.7. The van der Waals surface area contributed by atoms with Crippen LogP contribution in [0.3, 0.4) is 0 Å². The first-order chi connectivity index (χ1) is 19.0. The minimum atomic E-state index is -2.81. The molecule has 11 heteroatoms. The van der Waals surface area contributed by atoms with Gasteiger partial charge in [-0.3, -0.25) is 14.3 Å². The lowest BCUT2D eigenvalue weighted by molar-refractivity contribution is -0.140. The summed E-state index contributed by atoms with van der Waals surface area (Å²) in [6.07, 6.45) is 3.68. The quantitative estimate of drug-likeness (QED) is 0.142. The number of amides is 3. The summed E-state index contributed by atoms with van der Waals surface area (Å²) in [5, 5.41) is 7.02. The van der Waals surface area contributed by atoms with Crippen molar-refractivity contribution in [3.05, 3.63) is 83.0 Å². The number of nitrogens with one attached hydrogen (secondary N) is 3. The second kappa shape index (κ2) is 13.8. The molecule has 5 N–H and O–H groups in total. The highest BCUT2D eigenvalue weighted by Gasteiger charge is 2.12. The Hall–Kier alpha value is -4.82. The van der Waals surface area contributed by atoms with E-state index < -0.39 is 21.6 Å². The molecular weight excluding hydrogens is 530 g/mol. The third-order valence-corrected chi connectivity index (χ3v) is 6.93. The van der Waals surface area contributed by atoms with Crippen molar-refractivity contribution in [2.45, 2.75) is 26.2 Å². The molecule has 1 unspecified atom stereocenters. The molecule has 3 amide bonds. The molecule has 3 rings (SSSR count). The Morgan fingerprint density at radius 3 is 2.45 bits per heavy atom. The van der Waals surface area contributed by atoms with E-state index in [0.717, 1.165) is 5.56 Å². The van der Waals surface area contributed by atoms with Gasteiger partial charge in [0.25, 0.3) is 5.91 Å². The number of pyridine rings is 1. The number of ether oxygens (including phenoxy) is 1. The predicted molar refractivity (Wildman–Crippen MR) is 158 cm³/mol. The molecule has 0 spiro atoms. The first kappa shape index (κ1) is 29.7. The molecule has 0 aliphatic rings. The number of urea groups is 1. The van der Waals surface area contributed by atoms with Crippen molar-refractivity contribution in [3.8, 4) is 11.8 Å². The summed E-state index contributed by atoms with van der Waals surface area (Å²) >= 11 is 0. The number of carbonyl (C=O) groups excluding carboxylic acids is 3. The van der Waals surface area contributed by atoms with Crippen LogP contribution in [0, 0.1) is 18.8 Å². The van der Waals surface area contributed by atoms with Crippen molar-refractivity contribution in [1.29, 1.82) is 0 Å².